The lowest BCUT2D eigenvalue weighted by Crippen LogP contribution is -2.68. The Balaban J connectivity index is 2.52. The van der Waals surface area contributed by atoms with Gasteiger partial charge in [0.05, 0.1) is 6.10 Å². The first kappa shape index (κ1) is 14.4. The molecule has 0 bridgehead atoms. The highest BCUT2D eigenvalue weighted by Gasteiger charge is 2.82. The van der Waals surface area contributed by atoms with E-state index in [0.29, 0.717) is 0 Å². The van der Waals surface area contributed by atoms with Gasteiger partial charge in [-0.1, -0.05) is 0 Å². The van der Waals surface area contributed by atoms with E-state index in [1.165, 1.54) is 0 Å². The average molecular weight is 293 g/mol. The molecule has 0 saturated carbocycles. The predicted octanol–water partition coefficient (Wildman–Crippen LogP) is 1.19. The van der Waals surface area contributed by atoms with Crippen LogP contribution in [0.1, 0.15) is 12.8 Å². The van der Waals surface area contributed by atoms with Gasteiger partial charge in [-0.2, -0.15) is 26.3 Å². The summed E-state index contributed by atoms with van der Waals surface area (Å²) in [5.41, 5.74) is -4.66. The van der Waals surface area contributed by atoms with E-state index >= 15 is 0 Å². The van der Waals surface area contributed by atoms with E-state index in [1.54, 1.807) is 0 Å². The molecule has 1 N–H and O–H groups in total. The first-order chi connectivity index (χ1) is 8.50. The number of aliphatic hydroxyl groups is 1. The maximum Gasteiger partial charge on any atom is 0.453 e. The van der Waals surface area contributed by atoms with Crippen LogP contribution in [-0.4, -0.2) is 52.7 Å². The number of aliphatic hydroxyl groups excluding tert-OH is 1. The van der Waals surface area contributed by atoms with Gasteiger partial charge in [-0.15, -0.1) is 0 Å². The third-order valence-corrected chi connectivity index (χ3v) is 3.25. The van der Waals surface area contributed by atoms with E-state index in [1.807, 2.05) is 0 Å². The highest BCUT2D eigenvalue weighted by Crippen LogP contribution is 2.53. The molecule has 2 aliphatic rings. The van der Waals surface area contributed by atoms with Gasteiger partial charge in [0.25, 0.3) is 0 Å². The minimum absolute atomic E-state index is 0.0535. The molecule has 0 aromatic heterocycles. The lowest BCUT2D eigenvalue weighted by molar-refractivity contribution is -0.404. The summed E-state index contributed by atoms with van der Waals surface area (Å²) in [6.45, 7) is -0.921. The van der Waals surface area contributed by atoms with Gasteiger partial charge in [0.2, 0.25) is 0 Å². The summed E-state index contributed by atoms with van der Waals surface area (Å²) >= 11 is 0. The Bertz CT molecular complexity index is 378. The van der Waals surface area contributed by atoms with Crippen molar-refractivity contribution in [3.63, 3.8) is 0 Å². The zero-order valence-electron chi connectivity index (χ0n) is 9.25. The molecule has 4 nitrogen and oxygen atoms in total. The number of carbonyl (C=O) groups is 1. The standard InChI is InChI=1S/C9H9F6NO3/c10-8(11,12)7(9(13,14)15)16-3-4(17)1-2-5(16)6(18)19-7/h4-5,17H,1-3H2/t4-,5-/m0/s1. The van der Waals surface area contributed by atoms with Crippen molar-refractivity contribution < 1.29 is 41.0 Å². The van der Waals surface area contributed by atoms with Crippen LogP contribution in [0.3, 0.4) is 0 Å². The Hall–Kier alpha value is -1.03. The van der Waals surface area contributed by atoms with Crippen LogP contribution < -0.4 is 0 Å². The van der Waals surface area contributed by atoms with Gasteiger partial charge in [0.1, 0.15) is 6.04 Å². The predicted molar refractivity (Wildman–Crippen MR) is 46.7 cm³/mol. The van der Waals surface area contributed by atoms with Gasteiger partial charge in [0, 0.05) is 6.54 Å². The van der Waals surface area contributed by atoms with Crippen LogP contribution in [-0.2, 0) is 9.53 Å². The lowest BCUT2D eigenvalue weighted by Gasteiger charge is -2.42. The molecule has 0 amide bonds. The van der Waals surface area contributed by atoms with Gasteiger partial charge < -0.3 is 9.84 Å². The molecule has 0 unspecified atom stereocenters. The second kappa shape index (κ2) is 3.98. The topological polar surface area (TPSA) is 49.8 Å². The first-order valence-electron chi connectivity index (χ1n) is 5.32. The minimum atomic E-state index is -5.84. The summed E-state index contributed by atoms with van der Waals surface area (Å²) in [6.07, 6.45) is -13.4. The molecule has 2 heterocycles. The molecule has 2 saturated heterocycles. The fourth-order valence-corrected chi connectivity index (χ4v) is 2.42. The number of rotatable bonds is 0. The van der Waals surface area contributed by atoms with Crippen LogP contribution in [0.4, 0.5) is 26.3 Å². The molecule has 10 heteroatoms. The SMILES string of the molecule is O=C1OC(C(F)(F)F)(C(F)(F)F)N2C[C@@H](O)CC[C@@H]12. The number of fused-ring (bicyclic) bond motifs is 1. The molecule has 2 atom stereocenters. The third kappa shape index (κ3) is 1.88. The average Bonchev–Trinajstić information content (AvgIpc) is 2.51. The molecule has 0 spiro atoms. The maximum absolute atomic E-state index is 12.9. The molecule has 110 valence electrons. The van der Waals surface area contributed by atoms with Crippen LogP contribution in [0.25, 0.3) is 0 Å². The molecule has 19 heavy (non-hydrogen) atoms. The summed E-state index contributed by atoms with van der Waals surface area (Å²) in [5.74, 6) is -1.57. The van der Waals surface area contributed by atoms with Crippen LogP contribution in [0, 0.1) is 0 Å². The van der Waals surface area contributed by atoms with Crippen molar-refractivity contribution in [3.8, 4) is 0 Å². The molecule has 2 rings (SSSR count). The summed E-state index contributed by atoms with van der Waals surface area (Å²) in [4.78, 5) is 11.1. The summed E-state index contributed by atoms with van der Waals surface area (Å²) in [6, 6.07) is -1.63. The van der Waals surface area contributed by atoms with E-state index < -0.39 is 42.7 Å². The largest absolute Gasteiger partial charge is 0.453 e. The number of cyclic esters (lactones) is 1. The number of carbonyl (C=O) groups excluding carboxylic acids is 1. The van der Waals surface area contributed by atoms with E-state index in [2.05, 4.69) is 4.74 Å². The van der Waals surface area contributed by atoms with E-state index in [9.17, 15) is 36.2 Å². The zero-order valence-corrected chi connectivity index (χ0v) is 9.25. The molecule has 2 fully saturated rings. The van der Waals surface area contributed by atoms with Gasteiger partial charge in [-0.25, -0.2) is 4.90 Å². The van der Waals surface area contributed by atoms with Gasteiger partial charge in [-0.3, -0.25) is 4.79 Å². The van der Waals surface area contributed by atoms with Gasteiger partial charge in [-0.05, 0) is 12.8 Å². The van der Waals surface area contributed by atoms with Crippen LogP contribution in [0.2, 0.25) is 0 Å². The van der Waals surface area contributed by atoms with Crippen molar-refractivity contribution >= 4 is 5.97 Å². The van der Waals surface area contributed by atoms with Crippen LogP contribution in [0.15, 0.2) is 0 Å². The number of halogens is 6. The number of ether oxygens (including phenoxy) is 1. The van der Waals surface area contributed by atoms with Crippen molar-refractivity contribution in [2.24, 2.45) is 0 Å². The van der Waals surface area contributed by atoms with Crippen molar-refractivity contribution in [1.29, 1.82) is 0 Å². The number of hydrogen-bond acceptors (Lipinski definition) is 4. The fraction of sp³-hybridized carbons (Fsp3) is 0.889. The number of nitrogens with zero attached hydrogens (tertiary/aromatic N) is 1. The van der Waals surface area contributed by atoms with Crippen molar-refractivity contribution in [3.05, 3.63) is 0 Å². The Labute approximate surface area is 102 Å². The fourth-order valence-electron chi connectivity index (χ4n) is 2.42. The quantitative estimate of drug-likeness (QED) is 0.538. The highest BCUT2D eigenvalue weighted by atomic mass is 19.4. The maximum atomic E-state index is 12.9. The molecule has 2 aliphatic heterocycles. The highest BCUT2D eigenvalue weighted by molar-refractivity contribution is 5.79. The zero-order chi connectivity index (χ0) is 14.6. The second-order valence-electron chi connectivity index (χ2n) is 4.46. The Morgan fingerprint density at radius 2 is 1.68 bits per heavy atom. The number of esters is 1. The molecule has 0 radical (unpaired) electrons. The lowest BCUT2D eigenvalue weighted by atomic mass is 9.98. The van der Waals surface area contributed by atoms with Crippen LogP contribution in [0.5, 0.6) is 0 Å². The molecule has 0 aromatic carbocycles. The molecular weight excluding hydrogens is 284 g/mol. The molecule has 0 aliphatic carbocycles. The van der Waals surface area contributed by atoms with Gasteiger partial charge in [0.15, 0.2) is 0 Å². The minimum Gasteiger partial charge on any atom is -0.423 e. The second-order valence-corrected chi connectivity index (χ2v) is 4.46. The van der Waals surface area contributed by atoms with E-state index in [4.69, 9.17) is 0 Å². The van der Waals surface area contributed by atoms with E-state index in [0.717, 1.165) is 0 Å². The summed E-state index contributed by atoms with van der Waals surface area (Å²) in [5, 5.41) is 9.26. The number of hydrogen-bond donors (Lipinski definition) is 1. The summed E-state index contributed by atoms with van der Waals surface area (Å²) < 4.78 is 80.9. The van der Waals surface area contributed by atoms with Crippen molar-refractivity contribution in [2.75, 3.05) is 6.54 Å². The number of alkyl halides is 6. The Morgan fingerprint density at radius 3 is 2.16 bits per heavy atom. The first-order valence-corrected chi connectivity index (χ1v) is 5.32. The van der Waals surface area contributed by atoms with Crippen LogP contribution >= 0.6 is 0 Å². The molecular formula is C9H9F6NO3. The smallest absolute Gasteiger partial charge is 0.423 e. The van der Waals surface area contributed by atoms with Crippen molar-refractivity contribution in [1.82, 2.24) is 4.90 Å². The number of piperidine rings is 1. The third-order valence-electron chi connectivity index (χ3n) is 3.25. The molecule has 0 aromatic rings. The Morgan fingerprint density at radius 1 is 1.16 bits per heavy atom. The normalized spacial score (nSPS) is 32.1. The summed E-state index contributed by atoms with van der Waals surface area (Å²) in [7, 11) is 0. The monoisotopic (exact) mass is 293 g/mol. The van der Waals surface area contributed by atoms with Crippen molar-refractivity contribution in [2.45, 2.75) is 43.1 Å². The van der Waals surface area contributed by atoms with Gasteiger partial charge >= 0.3 is 24.0 Å². The van der Waals surface area contributed by atoms with E-state index in [-0.39, 0.29) is 17.7 Å². The Kier molecular flexibility index (Phi) is 3.01.